The van der Waals surface area contributed by atoms with Crippen LogP contribution in [0.2, 0.25) is 0 Å². The second-order valence-electron chi connectivity index (χ2n) is 2.69. The lowest BCUT2D eigenvalue weighted by atomic mass is 10.2. The molecule has 0 heterocycles. The molecule has 0 radical (unpaired) electrons. The fraction of sp³-hybridized carbons (Fsp3) is 0.400. The molecule has 0 saturated carbocycles. The van der Waals surface area contributed by atoms with Crippen molar-refractivity contribution in [2.75, 3.05) is 13.7 Å². The molecule has 0 rings (SSSR count). The summed E-state index contributed by atoms with van der Waals surface area (Å²) in [7, 11) is 1.67. The molecule has 1 nitrogen and oxygen atoms in total. The highest BCUT2D eigenvalue weighted by Crippen LogP contribution is 1.95. The monoisotopic (exact) mass is 152 g/mol. The lowest BCUT2D eigenvalue weighted by Gasteiger charge is -1.94. The van der Waals surface area contributed by atoms with E-state index in [-0.39, 0.29) is 0 Å². The summed E-state index contributed by atoms with van der Waals surface area (Å²) in [5.74, 6) is 0. The van der Waals surface area contributed by atoms with Crippen LogP contribution in [-0.4, -0.2) is 13.7 Å². The van der Waals surface area contributed by atoms with Crippen LogP contribution < -0.4 is 0 Å². The highest BCUT2D eigenvalue weighted by Gasteiger charge is 1.82. The van der Waals surface area contributed by atoms with Gasteiger partial charge in [-0.2, -0.15) is 0 Å². The molecule has 0 spiro atoms. The van der Waals surface area contributed by atoms with Gasteiger partial charge in [0.15, 0.2) is 0 Å². The highest BCUT2D eigenvalue weighted by atomic mass is 16.5. The van der Waals surface area contributed by atoms with Gasteiger partial charge in [0.05, 0.1) is 6.61 Å². The Morgan fingerprint density at radius 2 is 2.09 bits per heavy atom. The maximum Gasteiger partial charge on any atom is 0.0707 e. The maximum atomic E-state index is 4.89. The quantitative estimate of drug-likeness (QED) is 0.563. The van der Waals surface area contributed by atoms with Crippen LogP contribution in [0, 0.1) is 0 Å². The molecule has 11 heavy (non-hydrogen) atoms. The number of rotatable bonds is 4. The van der Waals surface area contributed by atoms with E-state index in [0.717, 1.165) is 5.57 Å². The third-order valence-corrected chi connectivity index (χ3v) is 1.09. The van der Waals surface area contributed by atoms with Crippen LogP contribution in [0.1, 0.15) is 13.8 Å². The smallest absolute Gasteiger partial charge is 0.0707 e. The van der Waals surface area contributed by atoms with E-state index in [1.54, 1.807) is 7.11 Å². The SMILES string of the molecule is C=C(/C=C\C=C(C)C)COC. The van der Waals surface area contributed by atoms with E-state index in [9.17, 15) is 0 Å². The summed E-state index contributed by atoms with van der Waals surface area (Å²) in [6, 6.07) is 0. The van der Waals surface area contributed by atoms with Gasteiger partial charge in [0, 0.05) is 7.11 Å². The molecule has 0 N–H and O–H groups in total. The molecule has 0 atom stereocenters. The topological polar surface area (TPSA) is 9.23 Å². The zero-order valence-corrected chi connectivity index (χ0v) is 7.55. The van der Waals surface area contributed by atoms with Gasteiger partial charge in [-0.3, -0.25) is 0 Å². The number of methoxy groups -OCH3 is 1. The Labute approximate surface area is 69.1 Å². The predicted octanol–water partition coefficient (Wildman–Crippen LogP) is 2.71. The number of allylic oxidation sites excluding steroid dienone is 3. The van der Waals surface area contributed by atoms with Crippen LogP contribution in [0.3, 0.4) is 0 Å². The zero-order chi connectivity index (χ0) is 8.69. The molecule has 62 valence electrons. The first-order valence-electron chi connectivity index (χ1n) is 3.65. The summed E-state index contributed by atoms with van der Waals surface area (Å²) >= 11 is 0. The molecule has 0 aromatic rings. The molecular weight excluding hydrogens is 136 g/mol. The molecule has 0 aliphatic heterocycles. The van der Waals surface area contributed by atoms with Crippen LogP contribution in [0.15, 0.2) is 36.0 Å². The van der Waals surface area contributed by atoms with Crippen LogP contribution in [-0.2, 0) is 4.74 Å². The number of hydrogen-bond acceptors (Lipinski definition) is 1. The molecular formula is C10H16O. The van der Waals surface area contributed by atoms with Crippen LogP contribution in [0.5, 0.6) is 0 Å². The molecule has 0 saturated heterocycles. The fourth-order valence-corrected chi connectivity index (χ4v) is 0.610. The predicted molar refractivity (Wildman–Crippen MR) is 49.6 cm³/mol. The van der Waals surface area contributed by atoms with Crippen molar-refractivity contribution in [2.24, 2.45) is 0 Å². The van der Waals surface area contributed by atoms with Gasteiger partial charge in [-0.15, -0.1) is 0 Å². The van der Waals surface area contributed by atoms with E-state index in [0.29, 0.717) is 6.61 Å². The third kappa shape index (κ3) is 7.07. The maximum absolute atomic E-state index is 4.89. The molecule has 0 aromatic heterocycles. The van der Waals surface area contributed by atoms with Crippen molar-refractivity contribution in [3.8, 4) is 0 Å². The van der Waals surface area contributed by atoms with E-state index >= 15 is 0 Å². The second kappa shape index (κ2) is 5.93. The molecule has 0 aliphatic rings. The minimum absolute atomic E-state index is 0.604. The summed E-state index contributed by atoms with van der Waals surface area (Å²) in [6.45, 7) is 8.52. The van der Waals surface area contributed by atoms with Crippen LogP contribution >= 0.6 is 0 Å². The summed E-state index contributed by atoms with van der Waals surface area (Å²) in [4.78, 5) is 0. The molecule has 0 bridgehead atoms. The van der Waals surface area contributed by atoms with E-state index in [4.69, 9.17) is 4.74 Å². The first-order valence-corrected chi connectivity index (χ1v) is 3.65. The van der Waals surface area contributed by atoms with Gasteiger partial charge in [0.2, 0.25) is 0 Å². The van der Waals surface area contributed by atoms with Crippen molar-refractivity contribution in [2.45, 2.75) is 13.8 Å². The molecule has 0 fully saturated rings. The van der Waals surface area contributed by atoms with Crippen molar-refractivity contribution >= 4 is 0 Å². The van der Waals surface area contributed by atoms with Gasteiger partial charge in [-0.05, 0) is 19.4 Å². The Morgan fingerprint density at radius 1 is 1.45 bits per heavy atom. The van der Waals surface area contributed by atoms with Crippen molar-refractivity contribution in [1.29, 1.82) is 0 Å². The summed E-state index contributed by atoms with van der Waals surface area (Å²) in [5.41, 5.74) is 2.27. The molecule has 0 amide bonds. The lowest BCUT2D eigenvalue weighted by molar-refractivity contribution is 0.228. The molecule has 1 heteroatoms. The first-order chi connectivity index (χ1) is 5.16. The standard InChI is InChI=1S/C10H16O/c1-9(2)6-5-7-10(3)8-11-4/h5-7H,3,8H2,1-2,4H3/b7-5-. The van der Waals surface area contributed by atoms with Crippen molar-refractivity contribution < 1.29 is 4.74 Å². The fourth-order valence-electron chi connectivity index (χ4n) is 0.610. The van der Waals surface area contributed by atoms with Crippen LogP contribution in [0.25, 0.3) is 0 Å². The second-order valence-corrected chi connectivity index (χ2v) is 2.69. The van der Waals surface area contributed by atoms with Crippen molar-refractivity contribution in [1.82, 2.24) is 0 Å². The van der Waals surface area contributed by atoms with Gasteiger partial charge in [0.1, 0.15) is 0 Å². The van der Waals surface area contributed by atoms with E-state index in [1.165, 1.54) is 5.57 Å². The summed E-state index contributed by atoms with van der Waals surface area (Å²) in [5, 5.41) is 0. The molecule has 0 aliphatic carbocycles. The van der Waals surface area contributed by atoms with Crippen molar-refractivity contribution in [3.63, 3.8) is 0 Å². The average Bonchev–Trinajstić information content (AvgIpc) is 1.87. The lowest BCUT2D eigenvalue weighted by Crippen LogP contribution is -1.87. The van der Waals surface area contributed by atoms with Gasteiger partial charge in [-0.1, -0.05) is 30.4 Å². The van der Waals surface area contributed by atoms with Gasteiger partial charge >= 0.3 is 0 Å². The van der Waals surface area contributed by atoms with Gasteiger partial charge < -0.3 is 4.74 Å². The van der Waals surface area contributed by atoms with E-state index in [1.807, 2.05) is 18.2 Å². The Hall–Kier alpha value is -0.820. The Kier molecular flexibility index (Phi) is 5.49. The normalized spacial score (nSPS) is 10.1. The summed E-state index contributed by atoms with van der Waals surface area (Å²) in [6.07, 6.45) is 5.98. The minimum atomic E-state index is 0.604. The van der Waals surface area contributed by atoms with E-state index in [2.05, 4.69) is 20.4 Å². The largest absolute Gasteiger partial charge is 0.380 e. The first kappa shape index (κ1) is 10.2. The molecule has 0 aromatic carbocycles. The minimum Gasteiger partial charge on any atom is -0.380 e. The average molecular weight is 152 g/mol. The van der Waals surface area contributed by atoms with Gasteiger partial charge in [-0.25, -0.2) is 0 Å². The highest BCUT2D eigenvalue weighted by molar-refractivity contribution is 5.20. The van der Waals surface area contributed by atoms with Gasteiger partial charge in [0.25, 0.3) is 0 Å². The van der Waals surface area contributed by atoms with E-state index < -0.39 is 0 Å². The number of ether oxygens (including phenoxy) is 1. The Balaban J connectivity index is 3.74. The summed E-state index contributed by atoms with van der Waals surface area (Å²) < 4.78 is 4.89. The van der Waals surface area contributed by atoms with Crippen molar-refractivity contribution in [3.05, 3.63) is 36.0 Å². The zero-order valence-electron chi connectivity index (χ0n) is 7.55. The van der Waals surface area contributed by atoms with Crippen LogP contribution in [0.4, 0.5) is 0 Å². The third-order valence-electron chi connectivity index (χ3n) is 1.09. The Bertz CT molecular complexity index is 171. The Morgan fingerprint density at radius 3 is 2.55 bits per heavy atom. The number of hydrogen-bond donors (Lipinski definition) is 0. The molecule has 0 unspecified atom stereocenters.